The fourth-order valence-electron chi connectivity index (χ4n) is 1.72. The van der Waals surface area contributed by atoms with Crippen LogP contribution in [-0.4, -0.2) is 23.9 Å². The number of hydrogen-bond donors (Lipinski definition) is 1. The van der Waals surface area contributed by atoms with Crippen molar-refractivity contribution in [3.63, 3.8) is 0 Å². The van der Waals surface area contributed by atoms with E-state index < -0.39 is 6.10 Å². The first kappa shape index (κ1) is 15.0. The Balaban J connectivity index is 2.70. The lowest BCUT2D eigenvalue weighted by molar-refractivity contribution is -0.113. The van der Waals surface area contributed by atoms with Crippen LogP contribution in [0.2, 0.25) is 0 Å². The largest absolute Gasteiger partial charge is 0.497 e. The van der Waals surface area contributed by atoms with Gasteiger partial charge in [0.1, 0.15) is 11.9 Å². The van der Waals surface area contributed by atoms with Crippen molar-refractivity contribution < 1.29 is 14.6 Å². The molecule has 0 amide bonds. The summed E-state index contributed by atoms with van der Waals surface area (Å²) in [6.07, 6.45) is 0.0437. The molecule has 0 bridgehead atoms. The SMILES string of the molecule is CCC(C)(C)OC(C)C(O)c1ccc(OC)cc1. The number of aliphatic hydroxyl groups excluding tert-OH is 1. The first-order chi connectivity index (χ1) is 8.39. The molecular weight excluding hydrogens is 228 g/mol. The quantitative estimate of drug-likeness (QED) is 0.844. The van der Waals surface area contributed by atoms with Crippen molar-refractivity contribution in [2.75, 3.05) is 7.11 Å². The normalized spacial score (nSPS) is 15.2. The van der Waals surface area contributed by atoms with Gasteiger partial charge in [0, 0.05) is 0 Å². The van der Waals surface area contributed by atoms with Crippen LogP contribution in [0.5, 0.6) is 5.75 Å². The second kappa shape index (κ2) is 6.21. The molecule has 2 unspecified atom stereocenters. The lowest BCUT2D eigenvalue weighted by atomic mass is 10.0. The molecule has 0 saturated carbocycles. The van der Waals surface area contributed by atoms with E-state index in [4.69, 9.17) is 9.47 Å². The van der Waals surface area contributed by atoms with Gasteiger partial charge in [0.15, 0.2) is 0 Å². The summed E-state index contributed by atoms with van der Waals surface area (Å²) < 4.78 is 11.0. The van der Waals surface area contributed by atoms with E-state index in [0.717, 1.165) is 17.7 Å². The van der Waals surface area contributed by atoms with Gasteiger partial charge >= 0.3 is 0 Å². The Morgan fingerprint density at radius 1 is 1.22 bits per heavy atom. The highest BCUT2D eigenvalue weighted by molar-refractivity contribution is 5.28. The molecule has 0 spiro atoms. The summed E-state index contributed by atoms with van der Waals surface area (Å²) in [5.41, 5.74) is 0.627. The molecule has 0 saturated heterocycles. The molecule has 1 rings (SSSR count). The molecule has 1 aromatic carbocycles. The molecule has 1 N–H and O–H groups in total. The highest BCUT2D eigenvalue weighted by atomic mass is 16.5. The van der Waals surface area contributed by atoms with E-state index in [9.17, 15) is 5.11 Å². The Labute approximate surface area is 110 Å². The maximum absolute atomic E-state index is 10.2. The molecule has 3 nitrogen and oxygen atoms in total. The van der Waals surface area contributed by atoms with Crippen molar-refractivity contribution >= 4 is 0 Å². The Morgan fingerprint density at radius 3 is 2.22 bits per heavy atom. The van der Waals surface area contributed by atoms with Gasteiger partial charge in [-0.3, -0.25) is 0 Å². The molecule has 2 atom stereocenters. The third-order valence-electron chi connectivity index (χ3n) is 3.26. The molecule has 0 radical (unpaired) electrons. The maximum atomic E-state index is 10.2. The molecular formula is C15H24O3. The van der Waals surface area contributed by atoms with Crippen LogP contribution in [0.3, 0.4) is 0 Å². The van der Waals surface area contributed by atoms with Crippen molar-refractivity contribution in [3.8, 4) is 5.75 Å². The average molecular weight is 252 g/mol. The van der Waals surface area contributed by atoms with E-state index in [2.05, 4.69) is 6.92 Å². The Kier molecular flexibility index (Phi) is 5.17. The van der Waals surface area contributed by atoms with Gasteiger partial charge in [0.05, 0.1) is 18.8 Å². The molecule has 18 heavy (non-hydrogen) atoms. The summed E-state index contributed by atoms with van der Waals surface area (Å²) in [6.45, 7) is 8.03. The number of benzene rings is 1. The van der Waals surface area contributed by atoms with Crippen molar-refractivity contribution in [1.29, 1.82) is 0 Å². The summed E-state index contributed by atoms with van der Waals surface area (Å²) in [5.74, 6) is 0.786. The number of aliphatic hydroxyl groups is 1. The van der Waals surface area contributed by atoms with Crippen LogP contribution in [0.4, 0.5) is 0 Å². The fourth-order valence-corrected chi connectivity index (χ4v) is 1.72. The van der Waals surface area contributed by atoms with Gasteiger partial charge in [0.2, 0.25) is 0 Å². The van der Waals surface area contributed by atoms with Crippen molar-refractivity contribution in [2.24, 2.45) is 0 Å². The summed E-state index contributed by atoms with van der Waals surface area (Å²) >= 11 is 0. The monoisotopic (exact) mass is 252 g/mol. The zero-order valence-corrected chi connectivity index (χ0v) is 11.9. The maximum Gasteiger partial charge on any atom is 0.118 e. The molecule has 0 aromatic heterocycles. The molecule has 0 aliphatic heterocycles. The van der Waals surface area contributed by atoms with E-state index in [1.54, 1.807) is 7.11 Å². The second-order valence-corrected chi connectivity index (χ2v) is 5.15. The van der Waals surface area contributed by atoms with Crippen molar-refractivity contribution in [1.82, 2.24) is 0 Å². The van der Waals surface area contributed by atoms with E-state index in [1.807, 2.05) is 45.0 Å². The molecule has 3 heteroatoms. The molecule has 0 fully saturated rings. The van der Waals surface area contributed by atoms with Crippen LogP contribution >= 0.6 is 0 Å². The van der Waals surface area contributed by atoms with Crippen LogP contribution in [0.15, 0.2) is 24.3 Å². The molecule has 1 aromatic rings. The van der Waals surface area contributed by atoms with Crippen LogP contribution in [-0.2, 0) is 4.74 Å². The Bertz CT molecular complexity index is 357. The molecule has 0 heterocycles. The van der Waals surface area contributed by atoms with Crippen molar-refractivity contribution in [2.45, 2.75) is 51.9 Å². The summed E-state index contributed by atoms with van der Waals surface area (Å²) in [5, 5.41) is 10.2. The topological polar surface area (TPSA) is 38.7 Å². The minimum Gasteiger partial charge on any atom is -0.497 e. The molecule has 0 aliphatic carbocycles. The van der Waals surface area contributed by atoms with Gasteiger partial charge in [-0.15, -0.1) is 0 Å². The van der Waals surface area contributed by atoms with E-state index >= 15 is 0 Å². The first-order valence-electron chi connectivity index (χ1n) is 6.39. The predicted molar refractivity (Wildman–Crippen MR) is 72.9 cm³/mol. The van der Waals surface area contributed by atoms with Crippen LogP contribution in [0.1, 0.15) is 45.8 Å². The smallest absolute Gasteiger partial charge is 0.118 e. The highest BCUT2D eigenvalue weighted by Gasteiger charge is 2.24. The van der Waals surface area contributed by atoms with E-state index in [0.29, 0.717) is 0 Å². The number of hydrogen-bond acceptors (Lipinski definition) is 3. The average Bonchev–Trinajstić information content (AvgIpc) is 2.37. The highest BCUT2D eigenvalue weighted by Crippen LogP contribution is 2.26. The van der Waals surface area contributed by atoms with Crippen LogP contribution in [0, 0.1) is 0 Å². The summed E-state index contributed by atoms with van der Waals surface area (Å²) in [6, 6.07) is 7.41. The first-order valence-corrected chi connectivity index (χ1v) is 6.39. The minimum absolute atomic E-state index is 0.215. The number of ether oxygens (including phenoxy) is 2. The minimum atomic E-state index is -0.623. The number of methoxy groups -OCH3 is 1. The van der Waals surface area contributed by atoms with E-state index in [-0.39, 0.29) is 11.7 Å². The third-order valence-corrected chi connectivity index (χ3v) is 3.26. The number of rotatable bonds is 6. The zero-order chi connectivity index (χ0) is 13.8. The third kappa shape index (κ3) is 4.00. The van der Waals surface area contributed by atoms with Gasteiger partial charge in [-0.2, -0.15) is 0 Å². The van der Waals surface area contributed by atoms with Gasteiger partial charge in [0.25, 0.3) is 0 Å². The van der Waals surface area contributed by atoms with Gasteiger partial charge in [-0.25, -0.2) is 0 Å². The van der Waals surface area contributed by atoms with Gasteiger partial charge in [-0.1, -0.05) is 19.1 Å². The predicted octanol–water partition coefficient (Wildman–Crippen LogP) is 3.32. The second-order valence-electron chi connectivity index (χ2n) is 5.15. The molecule has 102 valence electrons. The standard InChI is InChI=1S/C15H24O3/c1-6-15(3,4)18-11(2)14(16)12-7-9-13(17-5)10-8-12/h7-11,14,16H,6H2,1-5H3. The van der Waals surface area contributed by atoms with E-state index in [1.165, 1.54) is 0 Å². The fraction of sp³-hybridized carbons (Fsp3) is 0.600. The zero-order valence-electron chi connectivity index (χ0n) is 11.9. The van der Waals surface area contributed by atoms with Crippen LogP contribution in [0.25, 0.3) is 0 Å². The van der Waals surface area contributed by atoms with Crippen LogP contribution < -0.4 is 4.74 Å². The lowest BCUT2D eigenvalue weighted by Gasteiger charge is -2.30. The summed E-state index contributed by atoms with van der Waals surface area (Å²) in [4.78, 5) is 0. The van der Waals surface area contributed by atoms with Gasteiger partial charge in [-0.05, 0) is 44.9 Å². The van der Waals surface area contributed by atoms with Crippen molar-refractivity contribution in [3.05, 3.63) is 29.8 Å². The lowest BCUT2D eigenvalue weighted by Crippen LogP contribution is -2.31. The Hall–Kier alpha value is -1.06. The van der Waals surface area contributed by atoms with Gasteiger partial charge < -0.3 is 14.6 Å². The Morgan fingerprint density at radius 2 is 1.78 bits per heavy atom. The summed E-state index contributed by atoms with van der Waals surface area (Å²) in [7, 11) is 1.63. The molecule has 0 aliphatic rings.